The molecule has 2 rings (SSSR count). The molecule has 0 radical (unpaired) electrons. The lowest BCUT2D eigenvalue weighted by molar-refractivity contribution is -0.120. The van der Waals surface area contributed by atoms with Crippen molar-refractivity contribution in [2.75, 3.05) is 6.54 Å². The molecule has 2 N–H and O–H groups in total. The Morgan fingerprint density at radius 3 is 3.00 bits per heavy atom. The molecule has 0 aliphatic rings. The van der Waals surface area contributed by atoms with Crippen molar-refractivity contribution in [1.82, 2.24) is 15.1 Å². The Morgan fingerprint density at radius 2 is 2.26 bits per heavy atom. The quantitative estimate of drug-likeness (QED) is 0.769. The normalized spacial score (nSPS) is 10.3. The third kappa shape index (κ3) is 4.46. The highest BCUT2D eigenvalue weighted by Crippen LogP contribution is 2.11. The van der Waals surface area contributed by atoms with Crippen LogP contribution in [0.25, 0.3) is 0 Å². The molecule has 19 heavy (non-hydrogen) atoms. The summed E-state index contributed by atoms with van der Waals surface area (Å²) in [5.41, 5.74) is 0.810. The minimum atomic E-state index is -0.0361. The zero-order chi connectivity index (χ0) is 13.5. The van der Waals surface area contributed by atoms with Crippen LogP contribution >= 0.6 is 0 Å². The maximum Gasteiger partial charge on any atom is 0.224 e. The van der Waals surface area contributed by atoms with E-state index in [-0.39, 0.29) is 18.1 Å². The van der Waals surface area contributed by atoms with Gasteiger partial charge in [-0.25, -0.2) is 0 Å². The van der Waals surface area contributed by atoms with E-state index in [9.17, 15) is 9.90 Å². The Kier molecular flexibility index (Phi) is 4.55. The van der Waals surface area contributed by atoms with Gasteiger partial charge in [0.15, 0.2) is 0 Å². The van der Waals surface area contributed by atoms with Gasteiger partial charge in [0.05, 0.1) is 6.42 Å². The summed E-state index contributed by atoms with van der Waals surface area (Å²) in [6.07, 6.45) is 4.76. The van der Waals surface area contributed by atoms with Crippen molar-refractivity contribution in [3.63, 3.8) is 0 Å². The van der Waals surface area contributed by atoms with Gasteiger partial charge in [-0.3, -0.25) is 9.48 Å². The van der Waals surface area contributed by atoms with Crippen molar-refractivity contribution in [3.05, 3.63) is 48.3 Å². The second-order valence-electron chi connectivity index (χ2n) is 4.32. The summed E-state index contributed by atoms with van der Waals surface area (Å²) in [5, 5.41) is 16.2. The molecule has 0 unspecified atom stereocenters. The lowest BCUT2D eigenvalue weighted by Crippen LogP contribution is -2.26. The van der Waals surface area contributed by atoms with Crippen molar-refractivity contribution in [1.29, 1.82) is 0 Å². The standard InChI is InChI=1S/C14H17N3O2/c18-13-5-1-4-12(10-13)11-14(19)15-6-2-8-17-9-3-7-16-17/h1,3-5,7,9-10,18H,2,6,8,11H2,(H,15,19). The molecule has 0 atom stereocenters. The summed E-state index contributed by atoms with van der Waals surface area (Å²) in [5.74, 6) is 0.148. The van der Waals surface area contributed by atoms with Gasteiger partial charge in [0.25, 0.3) is 0 Å². The van der Waals surface area contributed by atoms with Gasteiger partial charge < -0.3 is 10.4 Å². The average Bonchev–Trinajstić information content (AvgIpc) is 2.88. The van der Waals surface area contributed by atoms with Crippen LogP contribution in [-0.2, 0) is 17.8 Å². The van der Waals surface area contributed by atoms with E-state index in [0.29, 0.717) is 6.54 Å². The van der Waals surface area contributed by atoms with Crippen LogP contribution in [0.5, 0.6) is 5.75 Å². The molecule has 100 valence electrons. The molecule has 0 saturated carbocycles. The molecule has 0 bridgehead atoms. The summed E-state index contributed by atoms with van der Waals surface area (Å²) >= 11 is 0. The van der Waals surface area contributed by atoms with Crippen LogP contribution in [0.3, 0.4) is 0 Å². The number of nitrogens with one attached hydrogen (secondary N) is 1. The van der Waals surface area contributed by atoms with Crippen LogP contribution < -0.4 is 5.32 Å². The molecule has 0 fully saturated rings. The number of aryl methyl sites for hydroxylation is 1. The second kappa shape index (κ2) is 6.58. The molecule has 5 heteroatoms. The molecule has 1 aromatic heterocycles. The number of carbonyl (C=O) groups is 1. The van der Waals surface area contributed by atoms with Gasteiger partial charge in [0, 0.05) is 25.5 Å². The van der Waals surface area contributed by atoms with Crippen LogP contribution in [-0.4, -0.2) is 27.3 Å². The minimum Gasteiger partial charge on any atom is -0.508 e. The van der Waals surface area contributed by atoms with Crippen molar-refractivity contribution >= 4 is 5.91 Å². The zero-order valence-corrected chi connectivity index (χ0v) is 10.6. The smallest absolute Gasteiger partial charge is 0.224 e. The van der Waals surface area contributed by atoms with Gasteiger partial charge in [-0.15, -0.1) is 0 Å². The molecular weight excluding hydrogens is 242 g/mol. The number of aromatic hydroxyl groups is 1. The number of phenols is 1. The fourth-order valence-electron chi connectivity index (χ4n) is 1.82. The predicted octanol–water partition coefficient (Wildman–Crippen LogP) is 1.34. The Hall–Kier alpha value is -2.30. The Balaban J connectivity index is 1.67. The number of rotatable bonds is 6. The van der Waals surface area contributed by atoms with Gasteiger partial charge >= 0.3 is 0 Å². The lowest BCUT2D eigenvalue weighted by atomic mass is 10.1. The fraction of sp³-hybridized carbons (Fsp3) is 0.286. The summed E-state index contributed by atoms with van der Waals surface area (Å²) in [4.78, 5) is 11.7. The molecule has 1 aromatic carbocycles. The molecule has 0 spiro atoms. The van der Waals surface area contributed by atoms with Crippen molar-refractivity contribution < 1.29 is 9.90 Å². The topological polar surface area (TPSA) is 67.2 Å². The van der Waals surface area contributed by atoms with Gasteiger partial charge in [0.1, 0.15) is 5.75 Å². The van der Waals surface area contributed by atoms with Gasteiger partial charge in [-0.2, -0.15) is 5.10 Å². The molecular formula is C14H17N3O2. The third-order valence-corrected chi connectivity index (χ3v) is 2.72. The van der Waals surface area contributed by atoms with E-state index >= 15 is 0 Å². The predicted molar refractivity (Wildman–Crippen MR) is 71.7 cm³/mol. The SMILES string of the molecule is O=C(Cc1cccc(O)c1)NCCCn1cccn1. The van der Waals surface area contributed by atoms with E-state index in [4.69, 9.17) is 0 Å². The number of aromatic nitrogens is 2. The minimum absolute atomic E-state index is 0.0361. The molecule has 2 aromatic rings. The summed E-state index contributed by atoms with van der Waals surface area (Å²) in [6.45, 7) is 1.41. The number of carbonyl (C=O) groups excluding carboxylic acids is 1. The van der Waals surface area contributed by atoms with Crippen LogP contribution in [0.2, 0.25) is 0 Å². The van der Waals surface area contributed by atoms with Crippen molar-refractivity contribution in [2.45, 2.75) is 19.4 Å². The molecule has 1 amide bonds. The van der Waals surface area contributed by atoms with Crippen LogP contribution in [0, 0.1) is 0 Å². The highest BCUT2D eigenvalue weighted by molar-refractivity contribution is 5.78. The Labute approximate surface area is 111 Å². The van der Waals surface area contributed by atoms with E-state index < -0.39 is 0 Å². The van der Waals surface area contributed by atoms with Crippen LogP contribution in [0.1, 0.15) is 12.0 Å². The zero-order valence-electron chi connectivity index (χ0n) is 10.6. The van der Waals surface area contributed by atoms with Gasteiger partial charge in [-0.05, 0) is 30.2 Å². The van der Waals surface area contributed by atoms with Crippen molar-refractivity contribution in [3.8, 4) is 5.75 Å². The van der Waals surface area contributed by atoms with Gasteiger partial charge in [-0.1, -0.05) is 12.1 Å². The van der Waals surface area contributed by atoms with Crippen LogP contribution in [0.15, 0.2) is 42.7 Å². The fourth-order valence-corrected chi connectivity index (χ4v) is 1.82. The first-order chi connectivity index (χ1) is 9.24. The number of nitrogens with zero attached hydrogens (tertiary/aromatic N) is 2. The van der Waals surface area contributed by atoms with Gasteiger partial charge in [0.2, 0.25) is 5.91 Å². The first-order valence-corrected chi connectivity index (χ1v) is 6.26. The second-order valence-corrected chi connectivity index (χ2v) is 4.32. The first kappa shape index (κ1) is 13.1. The Morgan fingerprint density at radius 1 is 1.37 bits per heavy atom. The molecule has 0 aliphatic carbocycles. The Bertz CT molecular complexity index is 523. The van der Waals surface area contributed by atoms with E-state index in [1.165, 1.54) is 0 Å². The third-order valence-electron chi connectivity index (χ3n) is 2.72. The number of hydrogen-bond acceptors (Lipinski definition) is 3. The molecule has 1 heterocycles. The maximum absolute atomic E-state index is 11.7. The van der Waals surface area contributed by atoms with E-state index in [1.807, 2.05) is 23.0 Å². The average molecular weight is 259 g/mol. The lowest BCUT2D eigenvalue weighted by Gasteiger charge is -2.06. The number of benzene rings is 1. The summed E-state index contributed by atoms with van der Waals surface area (Å²) in [6, 6.07) is 8.62. The maximum atomic E-state index is 11.7. The van der Waals surface area contributed by atoms with E-state index in [2.05, 4.69) is 10.4 Å². The number of amides is 1. The molecule has 5 nitrogen and oxygen atoms in total. The number of phenolic OH excluding ortho intramolecular Hbond substituents is 1. The molecule has 0 saturated heterocycles. The monoisotopic (exact) mass is 259 g/mol. The van der Waals surface area contributed by atoms with E-state index in [0.717, 1.165) is 18.5 Å². The highest BCUT2D eigenvalue weighted by Gasteiger charge is 2.03. The van der Waals surface area contributed by atoms with Crippen molar-refractivity contribution in [2.24, 2.45) is 0 Å². The highest BCUT2D eigenvalue weighted by atomic mass is 16.3. The molecule has 0 aliphatic heterocycles. The largest absolute Gasteiger partial charge is 0.508 e. The number of hydrogen-bond donors (Lipinski definition) is 2. The summed E-state index contributed by atoms with van der Waals surface area (Å²) < 4.78 is 1.83. The summed E-state index contributed by atoms with van der Waals surface area (Å²) in [7, 11) is 0. The van der Waals surface area contributed by atoms with Crippen LogP contribution in [0.4, 0.5) is 0 Å². The first-order valence-electron chi connectivity index (χ1n) is 6.26. The van der Waals surface area contributed by atoms with E-state index in [1.54, 1.807) is 24.4 Å².